The van der Waals surface area contributed by atoms with Gasteiger partial charge in [-0.25, -0.2) is 4.68 Å². The Morgan fingerprint density at radius 3 is 2.63 bits per heavy atom. The number of nitrogens with zero attached hydrogens (tertiary/aromatic N) is 5. The first-order valence-corrected chi connectivity index (χ1v) is 9.15. The molecule has 0 radical (unpaired) electrons. The molecule has 3 aromatic rings. The van der Waals surface area contributed by atoms with Crippen molar-refractivity contribution in [3.05, 3.63) is 70.8 Å². The average Bonchev–Trinajstić information content (AvgIpc) is 3.43. The van der Waals surface area contributed by atoms with Crippen LogP contribution < -0.4 is 5.32 Å². The monoisotopic (exact) mass is 362 g/mol. The van der Waals surface area contributed by atoms with Crippen molar-refractivity contribution in [3.63, 3.8) is 0 Å². The summed E-state index contributed by atoms with van der Waals surface area (Å²) >= 11 is 0. The minimum Gasteiger partial charge on any atom is -0.343 e. The second-order valence-electron chi connectivity index (χ2n) is 7.13. The normalized spacial score (nSPS) is 14.7. The van der Waals surface area contributed by atoms with Crippen molar-refractivity contribution in [2.45, 2.75) is 39.3 Å². The summed E-state index contributed by atoms with van der Waals surface area (Å²) in [5.41, 5.74) is 3.78. The Bertz CT molecular complexity index is 945. The number of pyridine rings is 1. The maximum Gasteiger partial charge on any atom is 0.251 e. The molecule has 1 fully saturated rings. The molecule has 1 aliphatic carbocycles. The molecule has 1 aromatic carbocycles. The number of amides is 1. The van der Waals surface area contributed by atoms with Gasteiger partial charge >= 0.3 is 0 Å². The Hall–Kier alpha value is -3.09. The standard InChI is InChI=1S/C20H22N6O/c1-13-9-10-21-18(11-13)19(16-7-8-16)22-20(27)17-5-3-15(4-6-17)12-26-14(2)23-24-25-26/h3-6,9-11,16,19H,7-8,12H2,1-2H3,(H,22,27). The van der Waals surface area contributed by atoms with Crippen LogP contribution in [0.1, 0.15) is 51.9 Å². The molecule has 1 amide bonds. The molecule has 1 N–H and O–H groups in total. The Kier molecular flexibility index (Phi) is 4.66. The van der Waals surface area contributed by atoms with Crippen LogP contribution in [0.25, 0.3) is 0 Å². The van der Waals surface area contributed by atoms with Crippen LogP contribution in [-0.2, 0) is 6.54 Å². The largest absolute Gasteiger partial charge is 0.343 e. The van der Waals surface area contributed by atoms with Crippen LogP contribution in [0.2, 0.25) is 0 Å². The van der Waals surface area contributed by atoms with Crippen molar-refractivity contribution in [3.8, 4) is 0 Å². The smallest absolute Gasteiger partial charge is 0.251 e. The number of hydrogen-bond acceptors (Lipinski definition) is 5. The molecule has 1 aliphatic rings. The van der Waals surface area contributed by atoms with E-state index in [-0.39, 0.29) is 11.9 Å². The van der Waals surface area contributed by atoms with Gasteiger partial charge in [0.25, 0.3) is 5.91 Å². The minimum atomic E-state index is -0.0691. The molecule has 7 heteroatoms. The number of carbonyl (C=O) groups excluding carboxylic acids is 1. The molecule has 1 unspecified atom stereocenters. The van der Waals surface area contributed by atoms with E-state index in [9.17, 15) is 4.79 Å². The summed E-state index contributed by atoms with van der Waals surface area (Å²) in [7, 11) is 0. The first-order valence-electron chi connectivity index (χ1n) is 9.15. The van der Waals surface area contributed by atoms with Crippen LogP contribution >= 0.6 is 0 Å². The Morgan fingerprint density at radius 2 is 2.00 bits per heavy atom. The van der Waals surface area contributed by atoms with Crippen LogP contribution in [0, 0.1) is 19.8 Å². The van der Waals surface area contributed by atoms with Crippen molar-refractivity contribution in [2.24, 2.45) is 5.92 Å². The van der Waals surface area contributed by atoms with E-state index >= 15 is 0 Å². The van der Waals surface area contributed by atoms with Crippen LogP contribution in [0.3, 0.4) is 0 Å². The molecular formula is C20H22N6O. The summed E-state index contributed by atoms with van der Waals surface area (Å²) in [4.78, 5) is 17.2. The number of benzene rings is 1. The van der Waals surface area contributed by atoms with Crippen molar-refractivity contribution >= 4 is 5.91 Å². The summed E-state index contributed by atoms with van der Waals surface area (Å²) in [6.45, 7) is 4.49. The van der Waals surface area contributed by atoms with Gasteiger partial charge in [-0.15, -0.1) is 5.10 Å². The molecule has 1 atom stereocenters. The van der Waals surface area contributed by atoms with E-state index in [0.29, 0.717) is 18.0 Å². The Labute approximate surface area is 157 Å². The molecule has 0 bridgehead atoms. The molecule has 2 heterocycles. The number of carbonyl (C=O) groups is 1. The molecule has 27 heavy (non-hydrogen) atoms. The highest BCUT2D eigenvalue weighted by atomic mass is 16.1. The van der Waals surface area contributed by atoms with Crippen LogP contribution in [0.4, 0.5) is 0 Å². The highest BCUT2D eigenvalue weighted by Crippen LogP contribution is 2.40. The van der Waals surface area contributed by atoms with Crippen molar-refractivity contribution in [1.29, 1.82) is 0 Å². The average molecular weight is 362 g/mol. The molecule has 1 saturated carbocycles. The summed E-state index contributed by atoms with van der Waals surface area (Å²) in [5, 5.41) is 14.6. The SMILES string of the molecule is Cc1ccnc(C(NC(=O)c2ccc(Cn3nnnc3C)cc2)C2CC2)c1. The van der Waals surface area contributed by atoms with Crippen LogP contribution in [0.15, 0.2) is 42.6 Å². The number of tetrazole rings is 1. The zero-order valence-corrected chi connectivity index (χ0v) is 15.5. The van der Waals surface area contributed by atoms with E-state index in [1.807, 2.05) is 50.4 Å². The predicted octanol–water partition coefficient (Wildman–Crippen LogP) is 2.61. The van der Waals surface area contributed by atoms with Gasteiger partial charge in [-0.3, -0.25) is 9.78 Å². The van der Waals surface area contributed by atoms with Crippen LogP contribution in [0.5, 0.6) is 0 Å². The number of aryl methyl sites for hydroxylation is 2. The van der Waals surface area contributed by atoms with Gasteiger partial charge in [0.1, 0.15) is 5.82 Å². The van der Waals surface area contributed by atoms with Crippen LogP contribution in [-0.4, -0.2) is 31.1 Å². The third-order valence-corrected chi connectivity index (χ3v) is 4.89. The number of hydrogen-bond donors (Lipinski definition) is 1. The minimum absolute atomic E-state index is 0.0269. The van der Waals surface area contributed by atoms with E-state index in [4.69, 9.17) is 0 Å². The second kappa shape index (κ2) is 7.26. The molecule has 2 aromatic heterocycles. The fourth-order valence-corrected chi connectivity index (χ4v) is 3.15. The number of rotatable bonds is 6. The lowest BCUT2D eigenvalue weighted by atomic mass is 10.1. The Morgan fingerprint density at radius 1 is 1.22 bits per heavy atom. The van der Waals surface area contributed by atoms with Crippen molar-refractivity contribution in [1.82, 2.24) is 30.5 Å². The maximum absolute atomic E-state index is 12.8. The highest BCUT2D eigenvalue weighted by Gasteiger charge is 2.34. The summed E-state index contributed by atoms with van der Waals surface area (Å²) in [6.07, 6.45) is 4.07. The van der Waals surface area contributed by atoms with E-state index in [0.717, 1.165) is 35.5 Å². The molecule has 4 rings (SSSR count). The topological polar surface area (TPSA) is 85.6 Å². The second-order valence-corrected chi connectivity index (χ2v) is 7.13. The molecule has 0 spiro atoms. The summed E-state index contributed by atoms with van der Waals surface area (Å²) in [6, 6.07) is 11.6. The molecule has 0 saturated heterocycles. The van der Waals surface area contributed by atoms with E-state index in [1.165, 1.54) is 0 Å². The lowest BCUT2D eigenvalue weighted by molar-refractivity contribution is 0.0930. The maximum atomic E-state index is 12.8. The van der Waals surface area contributed by atoms with Gasteiger partial charge in [0.15, 0.2) is 0 Å². The van der Waals surface area contributed by atoms with Gasteiger partial charge in [0, 0.05) is 11.8 Å². The molecular weight excluding hydrogens is 340 g/mol. The highest BCUT2D eigenvalue weighted by molar-refractivity contribution is 5.94. The lowest BCUT2D eigenvalue weighted by Crippen LogP contribution is -2.30. The quantitative estimate of drug-likeness (QED) is 0.728. The van der Waals surface area contributed by atoms with E-state index in [1.54, 1.807) is 4.68 Å². The zero-order chi connectivity index (χ0) is 18.8. The molecule has 7 nitrogen and oxygen atoms in total. The fraction of sp³-hybridized carbons (Fsp3) is 0.350. The Balaban J connectivity index is 1.46. The predicted molar refractivity (Wildman–Crippen MR) is 100 cm³/mol. The molecule has 0 aliphatic heterocycles. The van der Waals surface area contributed by atoms with Crippen molar-refractivity contribution in [2.75, 3.05) is 0 Å². The van der Waals surface area contributed by atoms with E-state index in [2.05, 4.69) is 31.9 Å². The molecule has 138 valence electrons. The van der Waals surface area contributed by atoms with Gasteiger partial charge in [-0.2, -0.15) is 0 Å². The number of aromatic nitrogens is 5. The van der Waals surface area contributed by atoms with Gasteiger partial charge in [-0.1, -0.05) is 12.1 Å². The first kappa shape index (κ1) is 17.3. The third-order valence-electron chi connectivity index (χ3n) is 4.89. The van der Waals surface area contributed by atoms with Gasteiger partial charge in [0.2, 0.25) is 0 Å². The number of nitrogens with one attached hydrogen (secondary N) is 1. The third kappa shape index (κ3) is 4.02. The van der Waals surface area contributed by atoms with Crippen molar-refractivity contribution < 1.29 is 4.79 Å². The fourth-order valence-electron chi connectivity index (χ4n) is 3.15. The summed E-state index contributed by atoms with van der Waals surface area (Å²) in [5.74, 6) is 1.17. The lowest BCUT2D eigenvalue weighted by Gasteiger charge is -2.18. The van der Waals surface area contributed by atoms with Gasteiger partial charge in [0.05, 0.1) is 18.3 Å². The zero-order valence-electron chi connectivity index (χ0n) is 15.5. The summed E-state index contributed by atoms with van der Waals surface area (Å²) < 4.78 is 1.72. The van der Waals surface area contributed by atoms with Gasteiger partial charge < -0.3 is 5.32 Å². The van der Waals surface area contributed by atoms with Gasteiger partial charge in [-0.05, 0) is 78.4 Å². The first-order chi connectivity index (χ1) is 13.1. The van der Waals surface area contributed by atoms with E-state index < -0.39 is 0 Å².